The lowest BCUT2D eigenvalue weighted by Gasteiger charge is -2.07. The Morgan fingerprint density at radius 1 is 1.09 bits per heavy atom. The van der Waals surface area contributed by atoms with Crippen LogP contribution in [-0.2, 0) is 9.53 Å². The van der Waals surface area contributed by atoms with Gasteiger partial charge in [0.05, 0.1) is 0 Å². The van der Waals surface area contributed by atoms with E-state index >= 15 is 0 Å². The average Bonchev–Trinajstić information content (AvgIpc) is 2.47. The summed E-state index contributed by atoms with van der Waals surface area (Å²) in [5, 5.41) is 3.28. The molecule has 114 valence electrons. The number of rotatable bonds is 6. The number of carbonyl (C=O) groups excluding carboxylic acids is 2. The zero-order chi connectivity index (χ0) is 15.9. The first kappa shape index (κ1) is 16.2. The van der Waals surface area contributed by atoms with Crippen LogP contribution in [0.1, 0.15) is 15.9 Å². The van der Waals surface area contributed by atoms with Gasteiger partial charge in [-0.2, -0.15) is 0 Å². The molecule has 2 aromatic rings. The van der Waals surface area contributed by atoms with Crippen LogP contribution in [0.3, 0.4) is 0 Å². The van der Waals surface area contributed by atoms with Gasteiger partial charge in [-0.05, 0) is 48.9 Å². The van der Waals surface area contributed by atoms with Crippen molar-refractivity contribution in [2.24, 2.45) is 0 Å². The third-order valence-electron chi connectivity index (χ3n) is 2.93. The topological polar surface area (TPSA) is 55.4 Å². The Labute approximate surface area is 134 Å². The summed E-state index contributed by atoms with van der Waals surface area (Å²) in [5.41, 5.74) is 2.26. The summed E-state index contributed by atoms with van der Waals surface area (Å²) < 4.78 is 5.15. The van der Waals surface area contributed by atoms with E-state index < -0.39 is 0 Å². The van der Waals surface area contributed by atoms with Crippen LogP contribution in [-0.4, -0.2) is 24.9 Å². The van der Waals surface area contributed by atoms with E-state index in [0.717, 1.165) is 5.56 Å². The summed E-state index contributed by atoms with van der Waals surface area (Å²) in [6, 6.07) is 14.0. The first-order chi connectivity index (χ1) is 10.5. The number of halogens is 1. The van der Waals surface area contributed by atoms with Crippen LogP contribution in [0, 0.1) is 6.92 Å². The number of carbonyl (C=O) groups is 2. The van der Waals surface area contributed by atoms with Crippen molar-refractivity contribution in [3.63, 3.8) is 0 Å². The molecule has 0 atom stereocenters. The van der Waals surface area contributed by atoms with E-state index in [2.05, 4.69) is 5.32 Å². The van der Waals surface area contributed by atoms with Crippen LogP contribution in [0.25, 0.3) is 0 Å². The van der Waals surface area contributed by atoms with Crippen molar-refractivity contribution in [3.8, 4) is 0 Å². The number of hydrogen-bond donors (Lipinski definition) is 1. The summed E-state index contributed by atoms with van der Waals surface area (Å²) >= 11 is 5.75. The van der Waals surface area contributed by atoms with Gasteiger partial charge in [-0.3, -0.25) is 9.59 Å². The summed E-state index contributed by atoms with van der Waals surface area (Å²) in [6.07, 6.45) is 0. The number of ether oxygens (including phenoxy) is 1. The quantitative estimate of drug-likeness (QED) is 0.830. The maximum Gasteiger partial charge on any atom is 0.250 e. The highest BCUT2D eigenvalue weighted by Gasteiger charge is 2.08. The van der Waals surface area contributed by atoms with Gasteiger partial charge in [-0.15, -0.1) is 0 Å². The van der Waals surface area contributed by atoms with E-state index in [1.54, 1.807) is 30.3 Å². The Morgan fingerprint density at radius 2 is 1.82 bits per heavy atom. The molecule has 2 rings (SSSR count). The first-order valence-electron chi connectivity index (χ1n) is 6.77. The second kappa shape index (κ2) is 7.73. The fourth-order valence-corrected chi connectivity index (χ4v) is 2.00. The maximum atomic E-state index is 11.8. The lowest BCUT2D eigenvalue weighted by Crippen LogP contribution is -2.21. The van der Waals surface area contributed by atoms with Crippen molar-refractivity contribution in [1.29, 1.82) is 0 Å². The molecule has 22 heavy (non-hydrogen) atoms. The van der Waals surface area contributed by atoms with Crippen LogP contribution in [0.2, 0.25) is 5.02 Å². The monoisotopic (exact) mass is 317 g/mol. The molecule has 5 heteroatoms. The van der Waals surface area contributed by atoms with E-state index in [9.17, 15) is 9.59 Å². The number of aryl methyl sites for hydroxylation is 1. The third-order valence-corrected chi connectivity index (χ3v) is 3.19. The predicted molar refractivity (Wildman–Crippen MR) is 86.4 cm³/mol. The van der Waals surface area contributed by atoms with Gasteiger partial charge in [0.25, 0.3) is 0 Å². The third kappa shape index (κ3) is 4.98. The van der Waals surface area contributed by atoms with Gasteiger partial charge in [-0.1, -0.05) is 23.7 Å². The second-order valence-electron chi connectivity index (χ2n) is 4.84. The first-order valence-corrected chi connectivity index (χ1v) is 7.15. The normalized spacial score (nSPS) is 10.3. The lowest BCUT2D eigenvalue weighted by molar-refractivity contribution is -0.120. The summed E-state index contributed by atoms with van der Waals surface area (Å²) in [4.78, 5) is 23.6. The molecule has 0 aliphatic heterocycles. The standard InChI is InChI=1S/C17H16ClNO3/c1-12-3-2-4-15(9-12)19-17(21)11-22-10-16(20)13-5-7-14(18)8-6-13/h2-9H,10-11H2,1H3,(H,19,21). The molecule has 0 unspecified atom stereocenters. The number of benzene rings is 2. The van der Waals surface area contributed by atoms with Gasteiger partial charge in [0.15, 0.2) is 5.78 Å². The number of nitrogens with one attached hydrogen (secondary N) is 1. The average molecular weight is 318 g/mol. The van der Waals surface area contributed by atoms with E-state index in [4.69, 9.17) is 16.3 Å². The molecule has 0 aliphatic carbocycles. The smallest absolute Gasteiger partial charge is 0.250 e. The molecule has 2 aromatic carbocycles. The molecular weight excluding hydrogens is 302 g/mol. The molecule has 0 saturated heterocycles. The molecule has 0 heterocycles. The van der Waals surface area contributed by atoms with Gasteiger partial charge >= 0.3 is 0 Å². The predicted octanol–water partition coefficient (Wildman–Crippen LogP) is 3.49. The summed E-state index contributed by atoms with van der Waals surface area (Å²) in [7, 11) is 0. The molecule has 0 bridgehead atoms. The Kier molecular flexibility index (Phi) is 5.69. The minimum atomic E-state index is -0.297. The van der Waals surface area contributed by atoms with E-state index in [-0.39, 0.29) is 24.9 Å². The van der Waals surface area contributed by atoms with E-state index in [0.29, 0.717) is 16.3 Å². The maximum absolute atomic E-state index is 11.8. The van der Waals surface area contributed by atoms with Crippen molar-refractivity contribution < 1.29 is 14.3 Å². The molecule has 1 amide bonds. The van der Waals surface area contributed by atoms with E-state index in [1.807, 2.05) is 25.1 Å². The Hall–Kier alpha value is -2.17. The van der Waals surface area contributed by atoms with Gasteiger partial charge in [0.1, 0.15) is 13.2 Å². The summed E-state index contributed by atoms with van der Waals surface area (Å²) in [5.74, 6) is -0.491. The largest absolute Gasteiger partial charge is 0.363 e. The van der Waals surface area contributed by atoms with Gasteiger partial charge in [0, 0.05) is 16.3 Å². The number of ketones is 1. The van der Waals surface area contributed by atoms with Crippen molar-refractivity contribution in [2.45, 2.75) is 6.92 Å². The molecular formula is C17H16ClNO3. The molecule has 0 aromatic heterocycles. The van der Waals surface area contributed by atoms with Crippen molar-refractivity contribution in [3.05, 3.63) is 64.7 Å². The van der Waals surface area contributed by atoms with Crippen LogP contribution < -0.4 is 5.32 Å². The highest BCUT2D eigenvalue weighted by atomic mass is 35.5. The minimum absolute atomic E-state index is 0.150. The number of anilines is 1. The van der Waals surface area contributed by atoms with Gasteiger partial charge < -0.3 is 10.1 Å². The molecule has 1 N–H and O–H groups in total. The zero-order valence-electron chi connectivity index (χ0n) is 12.1. The lowest BCUT2D eigenvalue weighted by atomic mass is 10.1. The van der Waals surface area contributed by atoms with Crippen molar-refractivity contribution >= 4 is 29.0 Å². The molecule has 0 spiro atoms. The molecule has 0 aliphatic rings. The van der Waals surface area contributed by atoms with Gasteiger partial charge in [0.2, 0.25) is 5.91 Å². The minimum Gasteiger partial charge on any atom is -0.363 e. The number of hydrogen-bond acceptors (Lipinski definition) is 3. The Morgan fingerprint density at radius 3 is 2.50 bits per heavy atom. The van der Waals surface area contributed by atoms with Crippen LogP contribution >= 0.6 is 11.6 Å². The summed E-state index contributed by atoms with van der Waals surface area (Å²) in [6.45, 7) is 1.62. The molecule has 0 fully saturated rings. The van der Waals surface area contributed by atoms with Crippen LogP contribution in [0.5, 0.6) is 0 Å². The van der Waals surface area contributed by atoms with Gasteiger partial charge in [-0.25, -0.2) is 0 Å². The fraction of sp³-hybridized carbons (Fsp3) is 0.176. The zero-order valence-corrected chi connectivity index (χ0v) is 12.9. The second-order valence-corrected chi connectivity index (χ2v) is 5.28. The Bertz CT molecular complexity index is 668. The fourth-order valence-electron chi connectivity index (χ4n) is 1.88. The highest BCUT2D eigenvalue weighted by molar-refractivity contribution is 6.30. The van der Waals surface area contributed by atoms with Crippen molar-refractivity contribution in [1.82, 2.24) is 0 Å². The number of amides is 1. The molecule has 0 radical (unpaired) electrons. The Balaban J connectivity index is 1.77. The number of Topliss-reactive ketones (excluding diaryl/α,β-unsaturated/α-hetero) is 1. The SMILES string of the molecule is Cc1cccc(NC(=O)COCC(=O)c2ccc(Cl)cc2)c1. The van der Waals surface area contributed by atoms with Crippen LogP contribution in [0.15, 0.2) is 48.5 Å². The van der Waals surface area contributed by atoms with Crippen molar-refractivity contribution in [2.75, 3.05) is 18.5 Å². The molecule has 0 saturated carbocycles. The highest BCUT2D eigenvalue weighted by Crippen LogP contribution is 2.11. The van der Waals surface area contributed by atoms with Crippen LogP contribution in [0.4, 0.5) is 5.69 Å². The molecule has 4 nitrogen and oxygen atoms in total. The van der Waals surface area contributed by atoms with E-state index in [1.165, 1.54) is 0 Å².